The summed E-state index contributed by atoms with van der Waals surface area (Å²) >= 11 is 6.00. The van der Waals surface area contributed by atoms with Crippen molar-refractivity contribution in [2.24, 2.45) is 0 Å². The number of aryl methyl sites for hydroxylation is 1. The van der Waals surface area contributed by atoms with Gasteiger partial charge in [0.1, 0.15) is 0 Å². The zero-order valence-electron chi connectivity index (χ0n) is 6.97. The number of aldehydes is 1. The van der Waals surface area contributed by atoms with E-state index in [0.717, 1.165) is 22.9 Å². The average Bonchev–Trinajstić information content (AvgIpc) is 2.55. The molecule has 0 unspecified atom stereocenters. The molecular formula is C9H7ClN2O. The van der Waals surface area contributed by atoms with E-state index in [-0.39, 0.29) is 0 Å². The fourth-order valence-electron chi connectivity index (χ4n) is 1.25. The molecule has 4 heteroatoms. The third kappa shape index (κ3) is 1.21. The highest BCUT2D eigenvalue weighted by Crippen LogP contribution is 2.25. The summed E-state index contributed by atoms with van der Waals surface area (Å²) in [6.07, 6.45) is 2.43. The first kappa shape index (κ1) is 8.26. The Bertz CT molecular complexity index is 476. The van der Waals surface area contributed by atoms with E-state index < -0.39 is 0 Å². The first-order valence-corrected chi connectivity index (χ1v) is 4.19. The van der Waals surface area contributed by atoms with Crippen LogP contribution >= 0.6 is 11.6 Å². The molecule has 2 rings (SSSR count). The van der Waals surface area contributed by atoms with Crippen LogP contribution in [-0.2, 0) is 0 Å². The van der Waals surface area contributed by atoms with Crippen LogP contribution in [0, 0.1) is 6.92 Å². The van der Waals surface area contributed by atoms with Crippen LogP contribution < -0.4 is 0 Å². The molecule has 0 aliphatic carbocycles. The number of carbonyl (C=O) groups excluding carboxylic acids is 1. The Morgan fingerprint density at radius 1 is 1.62 bits per heavy atom. The Hall–Kier alpha value is -1.35. The second kappa shape index (κ2) is 2.85. The SMILES string of the molecule is Cc1ncc2[nH]c(C=O)cc2c1Cl. The topological polar surface area (TPSA) is 45.8 Å². The summed E-state index contributed by atoms with van der Waals surface area (Å²) in [5.41, 5.74) is 2.08. The van der Waals surface area contributed by atoms with Gasteiger partial charge in [-0.2, -0.15) is 0 Å². The average molecular weight is 195 g/mol. The second-order valence-corrected chi connectivity index (χ2v) is 3.21. The molecule has 66 valence electrons. The van der Waals surface area contributed by atoms with Crippen LogP contribution in [0.15, 0.2) is 12.3 Å². The number of halogens is 1. The molecule has 2 aromatic rings. The van der Waals surface area contributed by atoms with Crippen LogP contribution in [-0.4, -0.2) is 16.3 Å². The molecule has 0 fully saturated rings. The Kier molecular flexibility index (Phi) is 1.81. The van der Waals surface area contributed by atoms with Crippen LogP contribution in [0.4, 0.5) is 0 Å². The zero-order chi connectivity index (χ0) is 9.42. The number of rotatable bonds is 1. The fourth-order valence-corrected chi connectivity index (χ4v) is 1.46. The Balaban J connectivity index is 2.83. The smallest absolute Gasteiger partial charge is 0.166 e. The van der Waals surface area contributed by atoms with E-state index in [9.17, 15) is 4.79 Å². The van der Waals surface area contributed by atoms with Crippen LogP contribution in [0.1, 0.15) is 16.2 Å². The minimum absolute atomic E-state index is 0.518. The normalized spacial score (nSPS) is 10.6. The number of H-pyrrole nitrogens is 1. The highest BCUT2D eigenvalue weighted by molar-refractivity contribution is 6.36. The summed E-state index contributed by atoms with van der Waals surface area (Å²) in [5.74, 6) is 0. The zero-order valence-corrected chi connectivity index (χ0v) is 7.72. The highest BCUT2D eigenvalue weighted by Gasteiger charge is 2.06. The fraction of sp³-hybridized carbons (Fsp3) is 0.111. The van der Waals surface area contributed by atoms with Gasteiger partial charge in [-0.05, 0) is 13.0 Å². The summed E-state index contributed by atoms with van der Waals surface area (Å²) in [4.78, 5) is 17.5. The largest absolute Gasteiger partial charge is 0.351 e. The molecule has 0 amide bonds. The first-order chi connectivity index (χ1) is 6.22. The molecule has 2 heterocycles. The molecule has 0 aliphatic rings. The number of hydrogen-bond acceptors (Lipinski definition) is 2. The van der Waals surface area contributed by atoms with Gasteiger partial charge < -0.3 is 4.98 Å². The van der Waals surface area contributed by atoms with Crippen molar-refractivity contribution >= 4 is 28.8 Å². The van der Waals surface area contributed by atoms with E-state index in [0.29, 0.717) is 10.7 Å². The van der Waals surface area contributed by atoms with Gasteiger partial charge in [-0.3, -0.25) is 9.78 Å². The second-order valence-electron chi connectivity index (χ2n) is 2.83. The van der Waals surface area contributed by atoms with Crippen LogP contribution in [0.5, 0.6) is 0 Å². The van der Waals surface area contributed by atoms with Gasteiger partial charge in [-0.25, -0.2) is 0 Å². The van der Waals surface area contributed by atoms with Crippen LogP contribution in [0.3, 0.4) is 0 Å². The maximum Gasteiger partial charge on any atom is 0.166 e. The molecule has 0 saturated carbocycles. The summed E-state index contributed by atoms with van der Waals surface area (Å²) in [6.45, 7) is 1.83. The van der Waals surface area contributed by atoms with E-state index in [1.165, 1.54) is 0 Å². The molecule has 0 aliphatic heterocycles. The lowest BCUT2D eigenvalue weighted by molar-refractivity contribution is 0.112. The van der Waals surface area contributed by atoms with Crippen LogP contribution in [0.25, 0.3) is 10.9 Å². The van der Waals surface area contributed by atoms with Gasteiger partial charge in [-0.1, -0.05) is 11.6 Å². The minimum atomic E-state index is 0.518. The molecule has 0 radical (unpaired) electrons. The van der Waals surface area contributed by atoms with E-state index in [2.05, 4.69) is 9.97 Å². The van der Waals surface area contributed by atoms with Gasteiger partial charge in [0.05, 0.1) is 28.1 Å². The summed E-state index contributed by atoms with van der Waals surface area (Å²) in [6, 6.07) is 1.72. The summed E-state index contributed by atoms with van der Waals surface area (Å²) in [5, 5.41) is 1.44. The van der Waals surface area contributed by atoms with Crippen molar-refractivity contribution in [3.8, 4) is 0 Å². The van der Waals surface area contributed by atoms with Crippen molar-refractivity contribution in [2.45, 2.75) is 6.92 Å². The Morgan fingerprint density at radius 2 is 2.38 bits per heavy atom. The van der Waals surface area contributed by atoms with Gasteiger partial charge in [0.2, 0.25) is 0 Å². The molecule has 0 aromatic carbocycles. The lowest BCUT2D eigenvalue weighted by Gasteiger charge is -1.96. The number of aromatic amines is 1. The van der Waals surface area contributed by atoms with Crippen molar-refractivity contribution in [2.75, 3.05) is 0 Å². The van der Waals surface area contributed by atoms with Crippen molar-refractivity contribution in [1.82, 2.24) is 9.97 Å². The van der Waals surface area contributed by atoms with Crippen LogP contribution in [0.2, 0.25) is 5.02 Å². The molecule has 0 atom stereocenters. The maximum absolute atomic E-state index is 10.5. The van der Waals surface area contributed by atoms with Crippen molar-refractivity contribution in [3.63, 3.8) is 0 Å². The monoisotopic (exact) mass is 194 g/mol. The molecule has 1 N–H and O–H groups in total. The molecule has 13 heavy (non-hydrogen) atoms. The number of nitrogens with one attached hydrogen (secondary N) is 1. The lowest BCUT2D eigenvalue weighted by atomic mass is 10.2. The van der Waals surface area contributed by atoms with Gasteiger partial charge in [-0.15, -0.1) is 0 Å². The van der Waals surface area contributed by atoms with Crippen molar-refractivity contribution < 1.29 is 4.79 Å². The number of carbonyl (C=O) groups is 1. The van der Waals surface area contributed by atoms with E-state index >= 15 is 0 Å². The van der Waals surface area contributed by atoms with E-state index in [1.54, 1.807) is 12.3 Å². The summed E-state index contributed by atoms with van der Waals surface area (Å²) in [7, 11) is 0. The molecule has 0 spiro atoms. The minimum Gasteiger partial charge on any atom is -0.351 e. The van der Waals surface area contributed by atoms with Crippen molar-refractivity contribution in [3.05, 3.63) is 28.7 Å². The quantitative estimate of drug-likeness (QED) is 0.709. The highest BCUT2D eigenvalue weighted by atomic mass is 35.5. The van der Waals surface area contributed by atoms with Gasteiger partial charge in [0, 0.05) is 5.39 Å². The predicted octanol–water partition coefficient (Wildman–Crippen LogP) is 2.34. The molecule has 0 bridgehead atoms. The molecule has 0 saturated heterocycles. The summed E-state index contributed by atoms with van der Waals surface area (Å²) < 4.78 is 0. The van der Waals surface area contributed by atoms with Crippen molar-refractivity contribution in [1.29, 1.82) is 0 Å². The number of aromatic nitrogens is 2. The number of nitrogens with zero attached hydrogens (tertiary/aromatic N) is 1. The molecular weight excluding hydrogens is 188 g/mol. The van der Waals surface area contributed by atoms with E-state index in [4.69, 9.17) is 11.6 Å². The maximum atomic E-state index is 10.5. The Labute approximate surface area is 79.7 Å². The number of pyridine rings is 1. The third-order valence-corrected chi connectivity index (χ3v) is 2.41. The van der Waals surface area contributed by atoms with Gasteiger partial charge >= 0.3 is 0 Å². The van der Waals surface area contributed by atoms with Gasteiger partial charge in [0.25, 0.3) is 0 Å². The number of fused-ring (bicyclic) bond motifs is 1. The molecule has 2 aromatic heterocycles. The van der Waals surface area contributed by atoms with Gasteiger partial charge in [0.15, 0.2) is 6.29 Å². The van der Waals surface area contributed by atoms with E-state index in [1.807, 2.05) is 6.92 Å². The Morgan fingerprint density at radius 3 is 3.08 bits per heavy atom. The number of hydrogen-bond donors (Lipinski definition) is 1. The standard InChI is InChI=1S/C9H7ClN2O/c1-5-9(10)7-2-6(4-13)12-8(7)3-11-5/h2-4,12H,1H3. The third-order valence-electron chi connectivity index (χ3n) is 1.94. The molecule has 3 nitrogen and oxygen atoms in total. The predicted molar refractivity (Wildman–Crippen MR) is 51.2 cm³/mol. The lowest BCUT2D eigenvalue weighted by Crippen LogP contribution is -1.81. The first-order valence-electron chi connectivity index (χ1n) is 3.81.